The molecule has 2 aromatic carbocycles. The maximum Gasteiger partial charge on any atom is 0.159 e. The lowest BCUT2D eigenvalue weighted by Gasteiger charge is -2.36. The molecule has 7 heteroatoms. The molecule has 1 aliphatic rings. The maximum atomic E-state index is 5.72. The van der Waals surface area contributed by atoms with Crippen molar-refractivity contribution in [3.8, 4) is 17.1 Å². The molecule has 0 spiro atoms. The molecule has 1 aromatic heterocycles. The van der Waals surface area contributed by atoms with Crippen LogP contribution in [0.5, 0.6) is 5.75 Å². The van der Waals surface area contributed by atoms with E-state index in [1.54, 1.807) is 12.4 Å². The molecule has 0 unspecified atom stereocenters. The summed E-state index contributed by atoms with van der Waals surface area (Å²) in [5.74, 6) is 1.53. The van der Waals surface area contributed by atoms with Crippen molar-refractivity contribution in [2.45, 2.75) is 46.0 Å². The molecule has 0 radical (unpaired) electrons. The van der Waals surface area contributed by atoms with Gasteiger partial charge in [0, 0.05) is 37.4 Å². The van der Waals surface area contributed by atoms with E-state index in [0.29, 0.717) is 11.5 Å². The third-order valence-corrected chi connectivity index (χ3v) is 6.46. The summed E-state index contributed by atoms with van der Waals surface area (Å²) in [5, 5.41) is 8.68. The zero-order valence-electron chi connectivity index (χ0n) is 21.6. The van der Waals surface area contributed by atoms with Crippen LogP contribution < -0.4 is 9.64 Å². The van der Waals surface area contributed by atoms with Crippen LogP contribution in [0.4, 0.5) is 17.1 Å². The van der Waals surface area contributed by atoms with Crippen molar-refractivity contribution in [2.75, 3.05) is 44.2 Å². The largest absolute Gasteiger partial charge is 0.494 e. The first-order chi connectivity index (χ1) is 17.7. The van der Waals surface area contributed by atoms with E-state index in [0.717, 1.165) is 62.6 Å². The Morgan fingerprint density at radius 2 is 1.42 bits per heavy atom. The van der Waals surface area contributed by atoms with Crippen LogP contribution in [0.25, 0.3) is 11.4 Å². The van der Waals surface area contributed by atoms with Gasteiger partial charge in [-0.05, 0) is 67.9 Å². The normalized spacial score (nSPS) is 14.4. The number of ether oxygens (including phenoxy) is 1. The summed E-state index contributed by atoms with van der Waals surface area (Å²) in [4.78, 5) is 13.9. The predicted octanol–water partition coefficient (Wildman–Crippen LogP) is 7.05. The van der Waals surface area contributed by atoms with Gasteiger partial charge in [0.1, 0.15) is 11.4 Å². The minimum Gasteiger partial charge on any atom is -0.494 e. The Bertz CT molecular complexity index is 1060. The van der Waals surface area contributed by atoms with Crippen molar-refractivity contribution in [1.29, 1.82) is 0 Å². The van der Waals surface area contributed by atoms with Crippen molar-refractivity contribution in [1.82, 2.24) is 14.9 Å². The van der Waals surface area contributed by atoms with Crippen molar-refractivity contribution >= 4 is 17.1 Å². The number of azo groups is 1. The molecular weight excluding hydrogens is 448 g/mol. The molecule has 3 aromatic rings. The van der Waals surface area contributed by atoms with Crippen LogP contribution in [-0.2, 0) is 0 Å². The fraction of sp³-hybridized carbons (Fsp3) is 0.448. The first kappa shape index (κ1) is 25.8. The van der Waals surface area contributed by atoms with Gasteiger partial charge in [0.15, 0.2) is 5.82 Å². The Kier molecular flexibility index (Phi) is 9.79. The topological polar surface area (TPSA) is 66.2 Å². The van der Waals surface area contributed by atoms with Gasteiger partial charge in [0.25, 0.3) is 0 Å². The lowest BCUT2D eigenvalue weighted by molar-refractivity contribution is 0.252. The molecule has 1 saturated heterocycles. The zero-order valence-corrected chi connectivity index (χ0v) is 21.6. The zero-order chi connectivity index (χ0) is 25.0. The second-order valence-corrected chi connectivity index (χ2v) is 9.24. The molecule has 0 saturated carbocycles. The lowest BCUT2D eigenvalue weighted by atomic mass is 10.2. The molecule has 190 valence electrons. The van der Waals surface area contributed by atoms with Gasteiger partial charge in [-0.25, -0.2) is 9.97 Å². The second-order valence-electron chi connectivity index (χ2n) is 9.24. The SMILES string of the molecule is CCCCCN1CCN(c2ccc(N=Nc3cnc(-c4ccc(OCCCC)cc4)nc3)cc2)CC1. The number of piperazine rings is 1. The van der Waals surface area contributed by atoms with Gasteiger partial charge in [-0.1, -0.05) is 33.1 Å². The van der Waals surface area contributed by atoms with E-state index in [-0.39, 0.29) is 0 Å². The molecule has 0 amide bonds. The Labute approximate surface area is 215 Å². The smallest absolute Gasteiger partial charge is 0.159 e. The Morgan fingerprint density at radius 1 is 0.750 bits per heavy atom. The van der Waals surface area contributed by atoms with Crippen LogP contribution in [0.3, 0.4) is 0 Å². The van der Waals surface area contributed by atoms with Crippen LogP contribution in [0, 0.1) is 0 Å². The average Bonchev–Trinajstić information content (AvgIpc) is 2.94. The molecule has 0 aliphatic carbocycles. The van der Waals surface area contributed by atoms with E-state index < -0.39 is 0 Å². The summed E-state index contributed by atoms with van der Waals surface area (Å²) in [6.07, 6.45) is 9.50. The van der Waals surface area contributed by atoms with Gasteiger partial charge >= 0.3 is 0 Å². The molecule has 0 atom stereocenters. The van der Waals surface area contributed by atoms with Crippen LogP contribution >= 0.6 is 0 Å². The van der Waals surface area contributed by atoms with Gasteiger partial charge in [-0.15, -0.1) is 5.11 Å². The van der Waals surface area contributed by atoms with E-state index in [9.17, 15) is 0 Å². The minimum absolute atomic E-state index is 0.626. The number of rotatable bonds is 12. The summed E-state index contributed by atoms with van der Waals surface area (Å²) in [7, 11) is 0. The number of anilines is 1. The van der Waals surface area contributed by atoms with Crippen LogP contribution in [0.2, 0.25) is 0 Å². The van der Waals surface area contributed by atoms with Gasteiger partial charge in [0.2, 0.25) is 0 Å². The van der Waals surface area contributed by atoms with Crippen molar-refractivity contribution in [3.63, 3.8) is 0 Å². The summed E-state index contributed by atoms with van der Waals surface area (Å²) in [6.45, 7) is 10.8. The molecular formula is C29H38N6O. The molecule has 1 aliphatic heterocycles. The number of benzene rings is 2. The van der Waals surface area contributed by atoms with E-state index in [2.05, 4.69) is 56.0 Å². The first-order valence-corrected chi connectivity index (χ1v) is 13.3. The monoisotopic (exact) mass is 486 g/mol. The molecule has 7 nitrogen and oxygen atoms in total. The fourth-order valence-corrected chi connectivity index (χ4v) is 4.22. The third-order valence-electron chi connectivity index (χ3n) is 6.46. The summed E-state index contributed by atoms with van der Waals surface area (Å²) >= 11 is 0. The van der Waals surface area contributed by atoms with Crippen molar-refractivity contribution in [3.05, 3.63) is 60.9 Å². The van der Waals surface area contributed by atoms with Crippen molar-refractivity contribution in [2.24, 2.45) is 10.2 Å². The Balaban J connectivity index is 1.27. The summed E-state index contributed by atoms with van der Waals surface area (Å²) < 4.78 is 5.72. The molecule has 0 bridgehead atoms. The highest BCUT2D eigenvalue weighted by Gasteiger charge is 2.16. The Morgan fingerprint density at radius 3 is 2.08 bits per heavy atom. The quantitative estimate of drug-likeness (QED) is 0.203. The van der Waals surface area contributed by atoms with E-state index in [1.807, 2.05) is 36.4 Å². The number of hydrogen-bond acceptors (Lipinski definition) is 7. The maximum absolute atomic E-state index is 5.72. The van der Waals surface area contributed by atoms with Gasteiger partial charge < -0.3 is 9.64 Å². The van der Waals surface area contributed by atoms with E-state index in [1.165, 1.54) is 31.5 Å². The van der Waals surface area contributed by atoms with E-state index >= 15 is 0 Å². The highest BCUT2D eigenvalue weighted by molar-refractivity contribution is 5.57. The Hall–Kier alpha value is -3.32. The molecule has 4 rings (SSSR count). The van der Waals surface area contributed by atoms with Crippen LogP contribution in [-0.4, -0.2) is 54.2 Å². The van der Waals surface area contributed by atoms with Gasteiger partial charge in [-0.3, -0.25) is 4.90 Å². The van der Waals surface area contributed by atoms with Crippen LogP contribution in [0.15, 0.2) is 71.2 Å². The first-order valence-electron chi connectivity index (χ1n) is 13.3. The highest BCUT2D eigenvalue weighted by atomic mass is 16.5. The third kappa shape index (κ3) is 7.59. The molecule has 1 fully saturated rings. The minimum atomic E-state index is 0.626. The predicted molar refractivity (Wildman–Crippen MR) is 147 cm³/mol. The van der Waals surface area contributed by atoms with Gasteiger partial charge in [0.05, 0.1) is 24.7 Å². The summed E-state index contributed by atoms with van der Waals surface area (Å²) in [6, 6.07) is 16.2. The number of aromatic nitrogens is 2. The fourth-order valence-electron chi connectivity index (χ4n) is 4.22. The highest BCUT2D eigenvalue weighted by Crippen LogP contribution is 2.24. The van der Waals surface area contributed by atoms with Gasteiger partial charge in [-0.2, -0.15) is 5.11 Å². The molecule has 0 N–H and O–H groups in total. The average molecular weight is 487 g/mol. The summed E-state index contributed by atoms with van der Waals surface area (Å²) in [5.41, 5.74) is 3.64. The van der Waals surface area contributed by atoms with Crippen molar-refractivity contribution < 1.29 is 4.74 Å². The molecule has 2 heterocycles. The number of unbranched alkanes of at least 4 members (excludes halogenated alkanes) is 3. The second kappa shape index (κ2) is 13.7. The number of nitrogens with zero attached hydrogens (tertiary/aromatic N) is 6. The number of hydrogen-bond donors (Lipinski definition) is 0. The molecule has 36 heavy (non-hydrogen) atoms. The standard InChI is InChI=1S/C29H38N6O/c1-3-5-7-16-34-17-19-35(20-18-34)27-12-10-25(11-13-27)32-33-26-22-30-29(31-23-26)24-8-14-28(15-9-24)36-21-6-4-2/h8-15,22-23H,3-7,16-21H2,1-2H3. The van der Waals surface area contributed by atoms with Crippen LogP contribution in [0.1, 0.15) is 46.0 Å². The van der Waals surface area contributed by atoms with E-state index in [4.69, 9.17) is 4.74 Å². The lowest BCUT2D eigenvalue weighted by Crippen LogP contribution is -2.46.